The SMILES string of the molecule is N[C@@H](Cc1ccccc1)C(O)c1nc2ccccc2o1. The van der Waals surface area contributed by atoms with Gasteiger partial charge in [0.2, 0.25) is 5.89 Å². The van der Waals surface area contributed by atoms with Gasteiger partial charge in [-0.15, -0.1) is 0 Å². The van der Waals surface area contributed by atoms with E-state index in [4.69, 9.17) is 10.2 Å². The second-order valence-electron chi connectivity index (χ2n) is 4.82. The van der Waals surface area contributed by atoms with Crippen LogP contribution in [0.25, 0.3) is 11.1 Å². The Kier molecular flexibility index (Phi) is 3.50. The van der Waals surface area contributed by atoms with Crippen molar-refractivity contribution >= 4 is 11.1 Å². The molecule has 4 nitrogen and oxygen atoms in total. The summed E-state index contributed by atoms with van der Waals surface area (Å²) in [7, 11) is 0. The third kappa shape index (κ3) is 2.57. The minimum Gasteiger partial charge on any atom is -0.438 e. The van der Waals surface area contributed by atoms with Crippen molar-refractivity contribution in [2.45, 2.75) is 18.6 Å². The van der Waals surface area contributed by atoms with Crippen LogP contribution in [0.15, 0.2) is 59.0 Å². The van der Waals surface area contributed by atoms with Crippen LogP contribution in [0.1, 0.15) is 17.6 Å². The minimum absolute atomic E-state index is 0.273. The second-order valence-corrected chi connectivity index (χ2v) is 4.82. The van der Waals surface area contributed by atoms with E-state index in [9.17, 15) is 5.11 Å². The van der Waals surface area contributed by atoms with Crippen molar-refractivity contribution in [3.8, 4) is 0 Å². The van der Waals surface area contributed by atoms with Gasteiger partial charge in [-0.2, -0.15) is 0 Å². The Hall–Kier alpha value is -2.17. The molecule has 0 spiro atoms. The summed E-state index contributed by atoms with van der Waals surface area (Å²) in [6, 6.07) is 16.8. The van der Waals surface area contributed by atoms with E-state index >= 15 is 0 Å². The van der Waals surface area contributed by atoms with Gasteiger partial charge in [-0.05, 0) is 24.1 Å². The summed E-state index contributed by atoms with van der Waals surface area (Å²) in [5, 5.41) is 10.3. The Morgan fingerprint density at radius 3 is 2.50 bits per heavy atom. The highest BCUT2D eigenvalue weighted by Gasteiger charge is 2.22. The molecular weight excluding hydrogens is 252 g/mol. The summed E-state index contributed by atoms with van der Waals surface area (Å²) in [5.41, 5.74) is 8.52. The molecule has 0 fully saturated rings. The summed E-state index contributed by atoms with van der Waals surface area (Å²) in [6.45, 7) is 0. The topological polar surface area (TPSA) is 72.3 Å². The van der Waals surface area contributed by atoms with Gasteiger partial charge in [-0.25, -0.2) is 4.98 Å². The van der Waals surface area contributed by atoms with Crippen molar-refractivity contribution in [2.24, 2.45) is 5.73 Å². The number of nitrogens with two attached hydrogens (primary N) is 1. The smallest absolute Gasteiger partial charge is 0.225 e. The van der Waals surface area contributed by atoms with Gasteiger partial charge in [-0.3, -0.25) is 0 Å². The molecule has 3 rings (SSSR count). The monoisotopic (exact) mass is 268 g/mol. The van der Waals surface area contributed by atoms with E-state index in [2.05, 4.69) is 4.98 Å². The van der Waals surface area contributed by atoms with E-state index in [1.807, 2.05) is 54.6 Å². The zero-order chi connectivity index (χ0) is 13.9. The quantitative estimate of drug-likeness (QED) is 0.762. The Balaban J connectivity index is 1.79. The second kappa shape index (κ2) is 5.45. The van der Waals surface area contributed by atoms with Gasteiger partial charge in [0.1, 0.15) is 11.6 Å². The summed E-state index contributed by atoms with van der Waals surface area (Å²) in [6.07, 6.45) is -0.344. The number of nitrogens with zero attached hydrogens (tertiary/aromatic N) is 1. The van der Waals surface area contributed by atoms with Gasteiger partial charge in [0.25, 0.3) is 0 Å². The molecule has 1 heterocycles. The van der Waals surface area contributed by atoms with Crippen LogP contribution in [-0.4, -0.2) is 16.1 Å². The van der Waals surface area contributed by atoms with E-state index in [0.717, 1.165) is 11.1 Å². The lowest BCUT2D eigenvalue weighted by Gasteiger charge is -2.15. The fourth-order valence-corrected chi connectivity index (χ4v) is 2.20. The fraction of sp³-hybridized carbons (Fsp3) is 0.188. The Morgan fingerprint density at radius 2 is 1.75 bits per heavy atom. The first kappa shape index (κ1) is 12.8. The van der Waals surface area contributed by atoms with Crippen LogP contribution in [0.2, 0.25) is 0 Å². The predicted octanol–water partition coefficient (Wildman–Crippen LogP) is 2.43. The maximum atomic E-state index is 10.3. The van der Waals surface area contributed by atoms with E-state index in [-0.39, 0.29) is 5.89 Å². The molecule has 0 aliphatic rings. The van der Waals surface area contributed by atoms with Crippen LogP contribution in [-0.2, 0) is 6.42 Å². The molecule has 0 bridgehead atoms. The zero-order valence-corrected chi connectivity index (χ0v) is 10.9. The van der Waals surface area contributed by atoms with Crippen LogP contribution in [0.4, 0.5) is 0 Å². The molecule has 2 atom stereocenters. The van der Waals surface area contributed by atoms with Crippen molar-refractivity contribution in [3.05, 3.63) is 66.1 Å². The summed E-state index contributed by atoms with van der Waals surface area (Å²) >= 11 is 0. The molecule has 4 heteroatoms. The third-order valence-electron chi connectivity index (χ3n) is 3.28. The lowest BCUT2D eigenvalue weighted by Crippen LogP contribution is -2.30. The predicted molar refractivity (Wildman–Crippen MR) is 77.1 cm³/mol. The lowest BCUT2D eigenvalue weighted by molar-refractivity contribution is 0.117. The number of aliphatic hydroxyl groups is 1. The molecule has 0 saturated carbocycles. The highest BCUT2D eigenvalue weighted by molar-refractivity contribution is 5.72. The lowest BCUT2D eigenvalue weighted by atomic mass is 10.0. The molecule has 0 radical (unpaired) electrons. The van der Waals surface area contributed by atoms with Gasteiger partial charge < -0.3 is 15.3 Å². The molecule has 0 aliphatic heterocycles. The number of aliphatic hydroxyl groups excluding tert-OH is 1. The number of fused-ring (bicyclic) bond motifs is 1. The average Bonchev–Trinajstić information content (AvgIpc) is 2.91. The van der Waals surface area contributed by atoms with E-state index in [1.54, 1.807) is 0 Å². The molecule has 0 amide bonds. The number of hydrogen-bond donors (Lipinski definition) is 2. The molecular formula is C16H16N2O2. The van der Waals surface area contributed by atoms with E-state index in [0.29, 0.717) is 12.0 Å². The standard InChI is InChI=1S/C16H16N2O2/c17-12(10-11-6-2-1-3-7-11)15(19)16-18-13-8-4-5-9-14(13)20-16/h1-9,12,15,19H,10,17H2/t12-,15?/m0/s1. The highest BCUT2D eigenvalue weighted by atomic mass is 16.4. The number of benzene rings is 2. The largest absolute Gasteiger partial charge is 0.438 e. The summed E-state index contributed by atoms with van der Waals surface area (Å²) in [5.74, 6) is 0.273. The number of aromatic nitrogens is 1. The first-order chi connectivity index (χ1) is 9.74. The zero-order valence-electron chi connectivity index (χ0n) is 10.9. The molecule has 1 unspecified atom stereocenters. The molecule has 2 aromatic carbocycles. The molecule has 0 aliphatic carbocycles. The van der Waals surface area contributed by atoms with E-state index < -0.39 is 12.1 Å². The van der Waals surface area contributed by atoms with Crippen LogP contribution in [0.5, 0.6) is 0 Å². The molecule has 20 heavy (non-hydrogen) atoms. The van der Waals surface area contributed by atoms with Crippen LogP contribution in [0, 0.1) is 0 Å². The molecule has 1 aromatic heterocycles. The highest BCUT2D eigenvalue weighted by Crippen LogP contribution is 2.22. The molecule has 0 saturated heterocycles. The van der Waals surface area contributed by atoms with Crippen molar-refractivity contribution in [1.82, 2.24) is 4.98 Å². The number of para-hydroxylation sites is 2. The molecule has 3 N–H and O–H groups in total. The summed E-state index contributed by atoms with van der Waals surface area (Å²) in [4.78, 5) is 4.28. The van der Waals surface area contributed by atoms with Crippen molar-refractivity contribution in [1.29, 1.82) is 0 Å². The van der Waals surface area contributed by atoms with Crippen LogP contribution < -0.4 is 5.73 Å². The van der Waals surface area contributed by atoms with Gasteiger partial charge in [-0.1, -0.05) is 42.5 Å². The Labute approximate surface area is 116 Å². The van der Waals surface area contributed by atoms with Gasteiger partial charge in [0.05, 0.1) is 0 Å². The normalized spacial score (nSPS) is 14.3. The van der Waals surface area contributed by atoms with Gasteiger partial charge in [0.15, 0.2) is 5.58 Å². The minimum atomic E-state index is -0.914. The first-order valence-corrected chi connectivity index (χ1v) is 6.57. The Bertz CT molecular complexity index is 661. The van der Waals surface area contributed by atoms with E-state index in [1.165, 1.54) is 0 Å². The van der Waals surface area contributed by atoms with Crippen molar-refractivity contribution in [2.75, 3.05) is 0 Å². The number of rotatable bonds is 4. The van der Waals surface area contributed by atoms with Crippen LogP contribution in [0.3, 0.4) is 0 Å². The maximum Gasteiger partial charge on any atom is 0.225 e. The van der Waals surface area contributed by atoms with Gasteiger partial charge >= 0.3 is 0 Å². The fourth-order valence-electron chi connectivity index (χ4n) is 2.20. The summed E-state index contributed by atoms with van der Waals surface area (Å²) < 4.78 is 5.55. The van der Waals surface area contributed by atoms with Crippen LogP contribution >= 0.6 is 0 Å². The third-order valence-corrected chi connectivity index (χ3v) is 3.28. The molecule has 102 valence electrons. The Morgan fingerprint density at radius 1 is 1.05 bits per heavy atom. The van der Waals surface area contributed by atoms with Crippen molar-refractivity contribution < 1.29 is 9.52 Å². The van der Waals surface area contributed by atoms with Crippen molar-refractivity contribution in [3.63, 3.8) is 0 Å². The van der Waals surface area contributed by atoms with Gasteiger partial charge in [0, 0.05) is 6.04 Å². The molecule has 3 aromatic rings. The number of oxazole rings is 1. The maximum absolute atomic E-state index is 10.3. The average molecular weight is 268 g/mol. The first-order valence-electron chi connectivity index (χ1n) is 6.57. The number of hydrogen-bond acceptors (Lipinski definition) is 4.